The van der Waals surface area contributed by atoms with Crippen molar-refractivity contribution in [2.75, 3.05) is 39.7 Å². The van der Waals surface area contributed by atoms with Crippen LogP contribution in [0.25, 0.3) is 0 Å². The number of nitrogens with zero attached hydrogens (tertiary/aromatic N) is 2. The fourth-order valence-electron chi connectivity index (χ4n) is 2.17. The first-order valence-corrected chi connectivity index (χ1v) is 7.18. The van der Waals surface area contributed by atoms with E-state index in [1.54, 1.807) is 19.1 Å². The van der Waals surface area contributed by atoms with Gasteiger partial charge >= 0.3 is 0 Å². The van der Waals surface area contributed by atoms with E-state index in [1.807, 2.05) is 13.8 Å². The van der Waals surface area contributed by atoms with E-state index in [2.05, 4.69) is 10.2 Å². The fourth-order valence-corrected chi connectivity index (χ4v) is 2.17. The molecule has 0 saturated carbocycles. The molecule has 1 atom stereocenters. The monoisotopic (exact) mass is 298 g/mol. The molecule has 0 aliphatic rings. The van der Waals surface area contributed by atoms with Gasteiger partial charge in [0, 0.05) is 20.8 Å². The van der Waals surface area contributed by atoms with Gasteiger partial charge < -0.3 is 20.1 Å². The van der Waals surface area contributed by atoms with Gasteiger partial charge in [-0.05, 0) is 13.3 Å². The molecule has 0 aliphatic heterocycles. The van der Waals surface area contributed by atoms with E-state index < -0.39 is 0 Å². The Balaban J connectivity index is 2.93. The molecule has 1 amide bonds. The Morgan fingerprint density at radius 3 is 2.71 bits per heavy atom. The third-order valence-corrected chi connectivity index (χ3v) is 3.32. The molecule has 0 fully saturated rings. The summed E-state index contributed by atoms with van der Waals surface area (Å²) in [5, 5.41) is 6.94. The number of rotatable bonds is 9. The summed E-state index contributed by atoms with van der Waals surface area (Å²) >= 11 is 0. The normalized spacial score (nSPS) is 12.4. The van der Waals surface area contributed by atoms with Crippen molar-refractivity contribution in [2.45, 2.75) is 32.7 Å². The van der Waals surface area contributed by atoms with Crippen molar-refractivity contribution in [1.82, 2.24) is 15.1 Å². The molecule has 1 unspecified atom stereocenters. The van der Waals surface area contributed by atoms with Crippen molar-refractivity contribution in [2.24, 2.45) is 0 Å². The summed E-state index contributed by atoms with van der Waals surface area (Å²) in [5.41, 5.74) is 7.55. The van der Waals surface area contributed by atoms with Crippen LogP contribution >= 0.6 is 0 Å². The zero-order valence-electron chi connectivity index (χ0n) is 13.3. The highest BCUT2D eigenvalue weighted by Gasteiger charge is 2.26. The van der Waals surface area contributed by atoms with E-state index in [-0.39, 0.29) is 17.6 Å². The summed E-state index contributed by atoms with van der Waals surface area (Å²) in [6.45, 7) is 5.34. The molecular weight excluding hydrogens is 272 g/mol. The number of hydrogen-bond acceptors (Lipinski definition) is 5. The highest BCUT2D eigenvalue weighted by Crippen LogP contribution is 2.18. The Bertz CT molecular complexity index is 447. The van der Waals surface area contributed by atoms with Crippen LogP contribution in [0.5, 0.6) is 0 Å². The number of carbonyl (C=O) groups excluding carboxylic acids is 1. The van der Waals surface area contributed by atoms with Crippen molar-refractivity contribution < 1.29 is 14.3 Å². The predicted octanol–water partition coefficient (Wildman–Crippen LogP) is 1.07. The maximum Gasteiger partial charge on any atom is 0.276 e. The number of methoxy groups -OCH3 is 2. The van der Waals surface area contributed by atoms with Gasteiger partial charge in [-0.3, -0.25) is 9.89 Å². The third-order valence-electron chi connectivity index (χ3n) is 3.32. The number of aromatic amines is 1. The van der Waals surface area contributed by atoms with Crippen LogP contribution in [0.3, 0.4) is 0 Å². The molecule has 0 saturated heterocycles. The molecule has 0 bridgehead atoms. The smallest absolute Gasteiger partial charge is 0.276 e. The lowest BCUT2D eigenvalue weighted by molar-refractivity contribution is 0.0475. The van der Waals surface area contributed by atoms with Gasteiger partial charge in [0.25, 0.3) is 5.91 Å². The van der Waals surface area contributed by atoms with Crippen molar-refractivity contribution in [3.8, 4) is 0 Å². The summed E-state index contributed by atoms with van der Waals surface area (Å²) in [6.07, 6.45) is 1.71. The van der Waals surface area contributed by atoms with Crippen molar-refractivity contribution in [1.29, 1.82) is 0 Å². The molecule has 1 rings (SSSR count). The Kier molecular flexibility index (Phi) is 7.18. The Morgan fingerprint density at radius 1 is 1.43 bits per heavy atom. The zero-order chi connectivity index (χ0) is 15.8. The maximum atomic E-state index is 12.7. The minimum Gasteiger partial charge on any atom is -0.395 e. The second-order valence-electron chi connectivity index (χ2n) is 5.01. The lowest BCUT2D eigenvalue weighted by Crippen LogP contribution is -2.43. The van der Waals surface area contributed by atoms with E-state index >= 15 is 0 Å². The molecule has 7 nitrogen and oxygen atoms in total. The van der Waals surface area contributed by atoms with Gasteiger partial charge in [0.15, 0.2) is 5.69 Å². The van der Waals surface area contributed by atoms with E-state index in [0.717, 1.165) is 18.5 Å². The molecule has 120 valence electrons. The minimum absolute atomic E-state index is 0.0802. The number of H-pyrrole nitrogens is 1. The summed E-state index contributed by atoms with van der Waals surface area (Å²) in [4.78, 5) is 14.3. The molecule has 0 radical (unpaired) electrons. The van der Waals surface area contributed by atoms with Crippen molar-refractivity contribution in [3.63, 3.8) is 0 Å². The second kappa shape index (κ2) is 8.63. The number of ether oxygens (including phenoxy) is 2. The average molecular weight is 298 g/mol. The van der Waals surface area contributed by atoms with E-state index in [4.69, 9.17) is 15.2 Å². The molecule has 0 spiro atoms. The van der Waals surface area contributed by atoms with Crippen LogP contribution in [0.1, 0.15) is 36.5 Å². The molecule has 1 heterocycles. The quantitative estimate of drug-likeness (QED) is 0.711. The summed E-state index contributed by atoms with van der Waals surface area (Å²) < 4.78 is 10.2. The highest BCUT2D eigenvalue weighted by atomic mass is 16.5. The summed E-state index contributed by atoms with van der Waals surface area (Å²) in [6, 6.07) is -0.0802. The highest BCUT2D eigenvalue weighted by molar-refractivity contribution is 5.97. The predicted molar refractivity (Wildman–Crippen MR) is 81.2 cm³/mol. The SMILES string of the molecule is CCCc1[nH]nc(C(=O)N(CCOC)C(C)COC)c1N. The average Bonchev–Trinajstić information content (AvgIpc) is 2.81. The molecule has 7 heteroatoms. The van der Waals surface area contributed by atoms with Crippen LogP contribution in [0.4, 0.5) is 5.69 Å². The first kappa shape index (κ1) is 17.5. The molecular formula is C14H26N4O3. The molecule has 1 aromatic heterocycles. The topological polar surface area (TPSA) is 93.5 Å². The first-order valence-electron chi connectivity index (χ1n) is 7.18. The largest absolute Gasteiger partial charge is 0.395 e. The van der Waals surface area contributed by atoms with Crippen LogP contribution in [0.2, 0.25) is 0 Å². The van der Waals surface area contributed by atoms with Gasteiger partial charge in [-0.2, -0.15) is 5.10 Å². The van der Waals surface area contributed by atoms with Crippen molar-refractivity contribution in [3.05, 3.63) is 11.4 Å². The van der Waals surface area contributed by atoms with Gasteiger partial charge in [0.05, 0.1) is 30.6 Å². The zero-order valence-corrected chi connectivity index (χ0v) is 13.3. The Morgan fingerprint density at radius 2 is 2.14 bits per heavy atom. The van der Waals surface area contributed by atoms with E-state index in [1.165, 1.54) is 0 Å². The lowest BCUT2D eigenvalue weighted by Gasteiger charge is -2.28. The van der Waals surface area contributed by atoms with E-state index in [0.29, 0.717) is 25.4 Å². The molecule has 1 aromatic rings. The second-order valence-corrected chi connectivity index (χ2v) is 5.01. The number of aryl methyl sites for hydroxylation is 1. The van der Waals surface area contributed by atoms with E-state index in [9.17, 15) is 4.79 Å². The number of nitrogen functional groups attached to an aromatic ring is 1. The van der Waals surface area contributed by atoms with Gasteiger partial charge in [-0.1, -0.05) is 13.3 Å². The van der Waals surface area contributed by atoms with Crippen LogP contribution < -0.4 is 5.73 Å². The fraction of sp³-hybridized carbons (Fsp3) is 0.714. The number of amides is 1. The van der Waals surface area contributed by atoms with Crippen LogP contribution in [0, 0.1) is 0 Å². The maximum absolute atomic E-state index is 12.7. The number of carbonyl (C=O) groups is 1. The van der Waals surface area contributed by atoms with Crippen LogP contribution in [-0.4, -0.2) is 61.0 Å². The molecule has 0 aromatic carbocycles. The lowest BCUT2D eigenvalue weighted by atomic mass is 10.2. The van der Waals surface area contributed by atoms with Crippen molar-refractivity contribution >= 4 is 11.6 Å². The number of nitrogens with two attached hydrogens (primary N) is 1. The standard InChI is InChI=1S/C14H26N4O3/c1-5-6-11-12(15)13(17-16-11)14(19)18(7-8-20-3)10(2)9-21-4/h10H,5-9,15H2,1-4H3,(H,16,17). The number of anilines is 1. The first-order chi connectivity index (χ1) is 10.1. The van der Waals surface area contributed by atoms with Gasteiger partial charge in [-0.25, -0.2) is 0 Å². The summed E-state index contributed by atoms with van der Waals surface area (Å²) in [7, 11) is 3.21. The summed E-state index contributed by atoms with van der Waals surface area (Å²) in [5.74, 6) is -0.201. The van der Waals surface area contributed by atoms with Crippen LogP contribution in [0.15, 0.2) is 0 Å². The van der Waals surface area contributed by atoms with Gasteiger partial charge in [0.2, 0.25) is 0 Å². The molecule has 3 N–H and O–H groups in total. The minimum atomic E-state index is -0.201. The Hall–Kier alpha value is -1.60. The number of aromatic nitrogens is 2. The number of nitrogens with one attached hydrogen (secondary N) is 1. The Labute approximate surface area is 125 Å². The molecule has 0 aliphatic carbocycles. The van der Waals surface area contributed by atoms with Gasteiger partial charge in [0.1, 0.15) is 0 Å². The number of hydrogen-bond donors (Lipinski definition) is 2. The third kappa shape index (κ3) is 4.44. The molecule has 21 heavy (non-hydrogen) atoms. The van der Waals surface area contributed by atoms with Crippen LogP contribution in [-0.2, 0) is 15.9 Å². The van der Waals surface area contributed by atoms with Gasteiger partial charge in [-0.15, -0.1) is 0 Å².